The molecule has 0 spiro atoms. The Morgan fingerprint density at radius 1 is 1.12 bits per heavy atom. The quantitative estimate of drug-likeness (QED) is 0.539. The molecule has 0 N–H and O–H groups in total. The van der Waals surface area contributed by atoms with Gasteiger partial charge in [0.1, 0.15) is 5.52 Å². The van der Waals surface area contributed by atoms with Gasteiger partial charge in [-0.15, -0.1) is 0 Å². The summed E-state index contributed by atoms with van der Waals surface area (Å²) in [4.78, 5) is 7.32. The van der Waals surface area contributed by atoms with E-state index in [1.54, 1.807) is 0 Å². The van der Waals surface area contributed by atoms with Gasteiger partial charge in [-0.2, -0.15) is 0 Å². The van der Waals surface area contributed by atoms with E-state index in [0.29, 0.717) is 18.0 Å². The number of aromatic nitrogens is 1. The summed E-state index contributed by atoms with van der Waals surface area (Å²) in [6.07, 6.45) is 3.93. The number of hydrogen-bond acceptors (Lipinski definition) is 3. The van der Waals surface area contributed by atoms with E-state index >= 15 is 0 Å². The normalized spacial score (nSPS) is 21.7. The first-order valence-corrected chi connectivity index (χ1v) is 9.80. The van der Waals surface area contributed by atoms with Crippen LogP contribution in [0.3, 0.4) is 0 Å². The topological polar surface area (TPSA) is 29.3 Å². The Kier molecular flexibility index (Phi) is 4.65. The molecule has 0 bridgehead atoms. The monoisotopic (exact) mass is 398 g/mol. The lowest BCUT2D eigenvalue weighted by molar-refractivity contribution is 0.0953. The largest absolute Gasteiger partial charge is 0.436 e. The molecule has 0 radical (unpaired) electrons. The molecule has 2 atom stereocenters. The van der Waals surface area contributed by atoms with Crippen molar-refractivity contribution in [1.29, 1.82) is 0 Å². The standard InChI is InChI=1S/C21H23BrN2O/c1-14-5-3-6-15(2)24(14)13-16-9-10-20-19(11-16)23-21(25-20)17-7-4-8-18(22)12-17/h4,7-12,14-15H,3,5-6,13H2,1-2H3/t14-,15+. The van der Waals surface area contributed by atoms with Gasteiger partial charge in [0.15, 0.2) is 5.58 Å². The minimum Gasteiger partial charge on any atom is -0.436 e. The highest BCUT2D eigenvalue weighted by molar-refractivity contribution is 9.10. The zero-order chi connectivity index (χ0) is 17.4. The molecular weight excluding hydrogens is 376 g/mol. The highest BCUT2D eigenvalue weighted by Crippen LogP contribution is 2.29. The Labute approximate surface area is 157 Å². The van der Waals surface area contributed by atoms with Gasteiger partial charge in [-0.3, -0.25) is 4.90 Å². The Hall–Kier alpha value is -1.65. The number of benzene rings is 2. The van der Waals surface area contributed by atoms with Crippen LogP contribution in [0.15, 0.2) is 51.4 Å². The molecule has 1 saturated heterocycles. The van der Waals surface area contributed by atoms with Crippen LogP contribution in [0.2, 0.25) is 0 Å². The second-order valence-corrected chi connectivity index (χ2v) is 8.05. The third kappa shape index (κ3) is 3.51. The van der Waals surface area contributed by atoms with Gasteiger partial charge < -0.3 is 4.42 Å². The minimum atomic E-state index is 0.647. The van der Waals surface area contributed by atoms with Crippen LogP contribution in [0, 0.1) is 0 Å². The summed E-state index contributed by atoms with van der Waals surface area (Å²) in [6, 6.07) is 15.8. The van der Waals surface area contributed by atoms with Gasteiger partial charge in [-0.05, 0) is 62.6 Å². The van der Waals surface area contributed by atoms with Crippen LogP contribution in [-0.4, -0.2) is 22.0 Å². The Morgan fingerprint density at radius 2 is 1.92 bits per heavy atom. The number of hydrogen-bond donors (Lipinski definition) is 0. The van der Waals surface area contributed by atoms with Crippen molar-refractivity contribution in [1.82, 2.24) is 9.88 Å². The number of halogens is 1. The van der Waals surface area contributed by atoms with Crippen molar-refractivity contribution in [3.8, 4) is 11.5 Å². The molecule has 25 heavy (non-hydrogen) atoms. The number of likely N-dealkylation sites (tertiary alicyclic amines) is 1. The van der Waals surface area contributed by atoms with Crippen LogP contribution in [0.5, 0.6) is 0 Å². The maximum absolute atomic E-state index is 5.95. The summed E-state index contributed by atoms with van der Waals surface area (Å²) in [6.45, 7) is 5.67. The average Bonchev–Trinajstić information content (AvgIpc) is 3.02. The van der Waals surface area contributed by atoms with Crippen molar-refractivity contribution in [2.75, 3.05) is 0 Å². The van der Waals surface area contributed by atoms with E-state index < -0.39 is 0 Å². The van der Waals surface area contributed by atoms with Crippen LogP contribution in [0.1, 0.15) is 38.7 Å². The molecule has 0 amide bonds. The number of nitrogens with zero attached hydrogens (tertiary/aromatic N) is 2. The molecule has 0 aliphatic carbocycles. The van der Waals surface area contributed by atoms with Crippen molar-refractivity contribution < 1.29 is 4.42 Å². The first-order valence-electron chi connectivity index (χ1n) is 9.01. The molecule has 0 unspecified atom stereocenters. The van der Waals surface area contributed by atoms with Gasteiger partial charge in [0, 0.05) is 28.7 Å². The van der Waals surface area contributed by atoms with E-state index in [1.807, 2.05) is 24.3 Å². The first-order chi connectivity index (χ1) is 12.1. The summed E-state index contributed by atoms with van der Waals surface area (Å²) in [5.41, 5.74) is 4.08. The van der Waals surface area contributed by atoms with Gasteiger partial charge in [0.2, 0.25) is 5.89 Å². The van der Waals surface area contributed by atoms with E-state index in [1.165, 1.54) is 24.8 Å². The lowest BCUT2D eigenvalue weighted by Gasteiger charge is -2.39. The summed E-state index contributed by atoms with van der Waals surface area (Å²) >= 11 is 3.51. The molecule has 2 aromatic carbocycles. The molecule has 1 aliphatic heterocycles. The van der Waals surface area contributed by atoms with Crippen LogP contribution >= 0.6 is 15.9 Å². The van der Waals surface area contributed by atoms with E-state index in [4.69, 9.17) is 9.40 Å². The Morgan fingerprint density at radius 3 is 2.68 bits per heavy atom. The molecule has 1 aliphatic rings. The van der Waals surface area contributed by atoms with Crippen molar-refractivity contribution in [2.24, 2.45) is 0 Å². The fourth-order valence-corrected chi connectivity index (χ4v) is 4.21. The minimum absolute atomic E-state index is 0.647. The van der Waals surface area contributed by atoms with Gasteiger partial charge in [-0.25, -0.2) is 4.98 Å². The fourth-order valence-electron chi connectivity index (χ4n) is 3.81. The van der Waals surface area contributed by atoms with Gasteiger partial charge in [0.25, 0.3) is 0 Å². The average molecular weight is 399 g/mol. The molecule has 2 heterocycles. The van der Waals surface area contributed by atoms with E-state index in [9.17, 15) is 0 Å². The molecule has 0 saturated carbocycles. The summed E-state index contributed by atoms with van der Waals surface area (Å²) in [7, 11) is 0. The number of piperidine rings is 1. The molecule has 4 heteroatoms. The van der Waals surface area contributed by atoms with E-state index in [0.717, 1.165) is 27.7 Å². The summed E-state index contributed by atoms with van der Waals surface area (Å²) in [5, 5.41) is 0. The SMILES string of the molecule is C[C@@H]1CCC[C@H](C)N1Cc1ccc2oc(-c3cccc(Br)c3)nc2c1. The molecule has 3 nitrogen and oxygen atoms in total. The number of oxazole rings is 1. The third-order valence-corrected chi connectivity index (χ3v) is 5.76. The summed E-state index contributed by atoms with van der Waals surface area (Å²) < 4.78 is 6.98. The summed E-state index contributed by atoms with van der Waals surface area (Å²) in [5.74, 6) is 0.674. The molecular formula is C21H23BrN2O. The van der Waals surface area contributed by atoms with Crippen LogP contribution in [0.25, 0.3) is 22.6 Å². The number of fused-ring (bicyclic) bond motifs is 1. The number of rotatable bonds is 3. The Balaban J connectivity index is 1.62. The van der Waals surface area contributed by atoms with Gasteiger partial charge in [0.05, 0.1) is 0 Å². The molecule has 1 fully saturated rings. The van der Waals surface area contributed by atoms with Crippen LogP contribution in [-0.2, 0) is 6.54 Å². The highest BCUT2D eigenvalue weighted by Gasteiger charge is 2.24. The lowest BCUT2D eigenvalue weighted by atomic mass is 9.97. The predicted molar refractivity (Wildman–Crippen MR) is 105 cm³/mol. The Bertz CT molecular complexity index is 878. The zero-order valence-corrected chi connectivity index (χ0v) is 16.3. The maximum atomic E-state index is 5.95. The van der Waals surface area contributed by atoms with Crippen molar-refractivity contribution in [2.45, 2.75) is 51.7 Å². The van der Waals surface area contributed by atoms with Crippen LogP contribution in [0.4, 0.5) is 0 Å². The molecule has 4 rings (SSSR count). The first kappa shape index (κ1) is 16.8. The van der Waals surface area contributed by atoms with Crippen molar-refractivity contribution in [3.05, 3.63) is 52.5 Å². The maximum Gasteiger partial charge on any atom is 0.227 e. The second kappa shape index (κ2) is 6.93. The van der Waals surface area contributed by atoms with Crippen molar-refractivity contribution in [3.63, 3.8) is 0 Å². The second-order valence-electron chi connectivity index (χ2n) is 7.13. The fraction of sp³-hybridized carbons (Fsp3) is 0.381. The van der Waals surface area contributed by atoms with E-state index in [-0.39, 0.29) is 0 Å². The third-order valence-electron chi connectivity index (χ3n) is 5.26. The van der Waals surface area contributed by atoms with Gasteiger partial charge >= 0.3 is 0 Å². The molecule has 3 aromatic rings. The van der Waals surface area contributed by atoms with Crippen molar-refractivity contribution >= 4 is 27.0 Å². The van der Waals surface area contributed by atoms with Gasteiger partial charge in [-0.1, -0.05) is 34.5 Å². The molecule has 1 aromatic heterocycles. The predicted octanol–water partition coefficient (Wildman–Crippen LogP) is 6.02. The highest BCUT2D eigenvalue weighted by atomic mass is 79.9. The smallest absolute Gasteiger partial charge is 0.227 e. The zero-order valence-electron chi connectivity index (χ0n) is 14.7. The van der Waals surface area contributed by atoms with Crippen LogP contribution < -0.4 is 0 Å². The molecule has 130 valence electrons. The van der Waals surface area contributed by atoms with E-state index in [2.05, 4.69) is 52.9 Å². The lowest BCUT2D eigenvalue weighted by Crippen LogP contribution is -2.42.